The number of carbonyl (C=O) groups is 2. The topological polar surface area (TPSA) is 76.7 Å². The van der Waals surface area contributed by atoms with Crippen LogP contribution >= 0.6 is 11.3 Å². The molecule has 138 valence electrons. The highest BCUT2D eigenvalue weighted by atomic mass is 32.1. The van der Waals surface area contributed by atoms with Crippen molar-refractivity contribution in [2.45, 2.75) is 38.0 Å². The van der Waals surface area contributed by atoms with E-state index in [0.717, 1.165) is 24.8 Å². The Hall–Kier alpha value is -2.22. The first-order valence-corrected chi connectivity index (χ1v) is 9.56. The summed E-state index contributed by atoms with van der Waals surface area (Å²) in [5.41, 5.74) is 3.40. The highest BCUT2D eigenvalue weighted by Crippen LogP contribution is 2.13. The lowest BCUT2D eigenvalue weighted by molar-refractivity contribution is -0.201. The number of hydroxylamine groups is 1. The van der Waals surface area contributed by atoms with E-state index < -0.39 is 18.2 Å². The van der Waals surface area contributed by atoms with E-state index in [4.69, 9.17) is 9.57 Å². The molecule has 1 aromatic carbocycles. The molecule has 7 heteroatoms. The Morgan fingerprint density at radius 2 is 2.04 bits per heavy atom. The van der Waals surface area contributed by atoms with Crippen LogP contribution in [-0.2, 0) is 20.8 Å². The molecule has 1 fully saturated rings. The van der Waals surface area contributed by atoms with Crippen LogP contribution in [0.5, 0.6) is 0 Å². The van der Waals surface area contributed by atoms with Gasteiger partial charge in [-0.1, -0.05) is 36.4 Å². The van der Waals surface area contributed by atoms with Crippen LogP contribution in [0.1, 0.15) is 34.5 Å². The lowest BCUT2D eigenvalue weighted by Crippen LogP contribution is -2.49. The first-order chi connectivity index (χ1) is 12.7. The van der Waals surface area contributed by atoms with Crippen LogP contribution < -0.4 is 10.8 Å². The fraction of sp³-hybridized carbons (Fsp3) is 0.368. The van der Waals surface area contributed by atoms with Crippen molar-refractivity contribution in [3.05, 3.63) is 58.3 Å². The fourth-order valence-corrected chi connectivity index (χ4v) is 3.32. The third-order valence-electron chi connectivity index (χ3n) is 4.08. The first kappa shape index (κ1) is 18.6. The predicted octanol–water partition coefficient (Wildman–Crippen LogP) is 2.66. The van der Waals surface area contributed by atoms with Gasteiger partial charge in [0.25, 0.3) is 11.8 Å². The van der Waals surface area contributed by atoms with Crippen molar-refractivity contribution in [3.8, 4) is 0 Å². The number of amides is 2. The molecule has 3 rings (SSSR count). The maximum Gasteiger partial charge on any atom is 0.266 e. The van der Waals surface area contributed by atoms with Gasteiger partial charge in [0.05, 0.1) is 4.88 Å². The molecule has 2 amide bonds. The molecule has 0 saturated carbocycles. The highest BCUT2D eigenvalue weighted by Gasteiger charge is 2.24. The Balaban J connectivity index is 1.62. The van der Waals surface area contributed by atoms with Crippen molar-refractivity contribution in [3.63, 3.8) is 0 Å². The minimum Gasteiger partial charge on any atom is -0.350 e. The maximum absolute atomic E-state index is 12.6. The van der Waals surface area contributed by atoms with Gasteiger partial charge in [0.2, 0.25) is 0 Å². The average Bonchev–Trinajstić information content (AvgIpc) is 3.22. The number of thiophene rings is 1. The number of hydrogen-bond donors (Lipinski definition) is 2. The van der Waals surface area contributed by atoms with Gasteiger partial charge in [-0.05, 0) is 29.9 Å². The SMILES string of the molecule is O=C(NC(Cc1ccccc1)C(=O)NOC1CCCCO1)c1cccs1. The van der Waals surface area contributed by atoms with Gasteiger partial charge in [-0.25, -0.2) is 10.3 Å². The normalized spacial score (nSPS) is 18.1. The van der Waals surface area contributed by atoms with Gasteiger partial charge >= 0.3 is 0 Å². The number of benzene rings is 1. The van der Waals surface area contributed by atoms with Crippen LogP contribution in [0.15, 0.2) is 47.8 Å². The average molecular weight is 374 g/mol. The Labute approximate surface area is 156 Å². The summed E-state index contributed by atoms with van der Waals surface area (Å²) in [4.78, 5) is 30.9. The molecule has 2 aromatic rings. The van der Waals surface area contributed by atoms with Crippen molar-refractivity contribution in [2.75, 3.05) is 6.61 Å². The first-order valence-electron chi connectivity index (χ1n) is 8.68. The van der Waals surface area contributed by atoms with Gasteiger partial charge in [-0.15, -0.1) is 11.3 Å². The molecule has 2 unspecified atom stereocenters. The van der Waals surface area contributed by atoms with Crippen LogP contribution in [0.3, 0.4) is 0 Å². The molecule has 0 spiro atoms. The number of rotatable bonds is 7. The van der Waals surface area contributed by atoms with Gasteiger partial charge in [0.15, 0.2) is 6.29 Å². The quantitative estimate of drug-likeness (QED) is 0.731. The van der Waals surface area contributed by atoms with Gasteiger partial charge in [-0.2, -0.15) is 0 Å². The van der Waals surface area contributed by atoms with Crippen molar-refractivity contribution >= 4 is 23.2 Å². The second kappa shape index (κ2) is 9.47. The maximum atomic E-state index is 12.6. The second-order valence-corrected chi connectivity index (χ2v) is 7.02. The fourth-order valence-electron chi connectivity index (χ4n) is 2.70. The van der Waals surface area contributed by atoms with Crippen molar-refractivity contribution in [2.24, 2.45) is 0 Å². The summed E-state index contributed by atoms with van der Waals surface area (Å²) >= 11 is 1.33. The molecule has 0 bridgehead atoms. The van der Waals surface area contributed by atoms with E-state index in [-0.39, 0.29) is 5.91 Å². The minimum absolute atomic E-state index is 0.273. The van der Waals surface area contributed by atoms with Crippen molar-refractivity contribution < 1.29 is 19.2 Å². The zero-order valence-corrected chi connectivity index (χ0v) is 15.2. The summed E-state index contributed by atoms with van der Waals surface area (Å²) in [7, 11) is 0. The van der Waals surface area contributed by atoms with Crippen LogP contribution in [-0.4, -0.2) is 30.8 Å². The number of carbonyl (C=O) groups excluding carboxylic acids is 2. The monoisotopic (exact) mass is 374 g/mol. The number of nitrogens with one attached hydrogen (secondary N) is 2. The summed E-state index contributed by atoms with van der Waals surface area (Å²) in [5.74, 6) is -0.669. The zero-order valence-electron chi connectivity index (χ0n) is 14.4. The standard InChI is InChI=1S/C19H22N2O4S/c22-18(21-25-17-10-4-5-11-24-17)15(13-14-7-2-1-3-8-14)20-19(23)16-9-6-12-26-16/h1-3,6-9,12,15,17H,4-5,10-11,13H2,(H,20,23)(H,21,22). The van der Waals surface area contributed by atoms with E-state index in [1.807, 2.05) is 35.7 Å². The molecular weight excluding hydrogens is 352 g/mol. The molecule has 2 heterocycles. The van der Waals surface area contributed by atoms with Gasteiger partial charge in [0, 0.05) is 19.4 Å². The summed E-state index contributed by atoms with van der Waals surface area (Å²) in [6.45, 7) is 0.628. The molecule has 2 atom stereocenters. The molecule has 1 aliphatic heterocycles. The highest BCUT2D eigenvalue weighted by molar-refractivity contribution is 7.12. The summed E-state index contributed by atoms with van der Waals surface area (Å²) < 4.78 is 5.44. The van der Waals surface area contributed by atoms with E-state index in [1.165, 1.54) is 11.3 Å². The molecule has 1 saturated heterocycles. The summed E-state index contributed by atoms with van der Waals surface area (Å²) in [6, 6.07) is 12.3. The van der Waals surface area contributed by atoms with Crippen molar-refractivity contribution in [1.29, 1.82) is 0 Å². The third kappa shape index (κ3) is 5.39. The largest absolute Gasteiger partial charge is 0.350 e. The lowest BCUT2D eigenvalue weighted by Gasteiger charge is -2.24. The molecular formula is C19H22N2O4S. The molecule has 26 heavy (non-hydrogen) atoms. The van der Waals surface area contributed by atoms with Crippen LogP contribution in [0.2, 0.25) is 0 Å². The van der Waals surface area contributed by atoms with Crippen LogP contribution in [0.4, 0.5) is 0 Å². The van der Waals surface area contributed by atoms with E-state index in [2.05, 4.69) is 10.8 Å². The molecule has 2 N–H and O–H groups in total. The molecule has 0 radical (unpaired) electrons. The smallest absolute Gasteiger partial charge is 0.266 e. The second-order valence-electron chi connectivity index (χ2n) is 6.07. The number of ether oxygens (including phenoxy) is 1. The van der Waals surface area contributed by atoms with Crippen molar-refractivity contribution in [1.82, 2.24) is 10.8 Å². The van der Waals surface area contributed by atoms with Gasteiger partial charge in [0.1, 0.15) is 6.04 Å². The molecule has 1 aliphatic rings. The predicted molar refractivity (Wildman–Crippen MR) is 98.5 cm³/mol. The summed E-state index contributed by atoms with van der Waals surface area (Å²) in [5, 5.41) is 4.62. The number of hydrogen-bond acceptors (Lipinski definition) is 5. The summed E-state index contributed by atoms with van der Waals surface area (Å²) in [6.07, 6.45) is 2.69. The van der Waals surface area contributed by atoms with E-state index in [9.17, 15) is 9.59 Å². The molecule has 6 nitrogen and oxygen atoms in total. The van der Waals surface area contributed by atoms with Gasteiger partial charge in [-0.3, -0.25) is 9.59 Å². The third-order valence-corrected chi connectivity index (χ3v) is 4.95. The van der Waals surface area contributed by atoms with Gasteiger partial charge < -0.3 is 10.1 Å². The Bertz CT molecular complexity index is 700. The Morgan fingerprint density at radius 3 is 2.73 bits per heavy atom. The zero-order chi connectivity index (χ0) is 18.2. The minimum atomic E-state index is -0.740. The molecule has 1 aromatic heterocycles. The van der Waals surface area contributed by atoms with E-state index in [0.29, 0.717) is 17.9 Å². The van der Waals surface area contributed by atoms with Crippen LogP contribution in [0, 0.1) is 0 Å². The van der Waals surface area contributed by atoms with Crippen LogP contribution in [0.25, 0.3) is 0 Å². The molecule has 0 aliphatic carbocycles. The van der Waals surface area contributed by atoms with E-state index >= 15 is 0 Å². The van der Waals surface area contributed by atoms with E-state index in [1.54, 1.807) is 12.1 Å². The Kier molecular flexibility index (Phi) is 6.76. The lowest BCUT2D eigenvalue weighted by atomic mass is 10.1. The Morgan fingerprint density at radius 1 is 1.19 bits per heavy atom.